The fourth-order valence-corrected chi connectivity index (χ4v) is 1.89. The van der Waals surface area contributed by atoms with E-state index in [4.69, 9.17) is 16.7 Å². The van der Waals surface area contributed by atoms with Crippen LogP contribution in [0.2, 0.25) is 5.02 Å². The van der Waals surface area contributed by atoms with Gasteiger partial charge in [0.15, 0.2) is 0 Å². The third kappa shape index (κ3) is 3.08. The number of aryl methyl sites for hydroxylation is 1. The molecular formula is C11H9BrClN3O2. The average Bonchev–Trinajstić information content (AvgIpc) is 2.79. The van der Waals surface area contributed by atoms with E-state index in [2.05, 4.69) is 26.2 Å². The summed E-state index contributed by atoms with van der Waals surface area (Å²) < 4.78 is 2.35. The summed E-state index contributed by atoms with van der Waals surface area (Å²) in [5.41, 5.74) is 1.45. The molecular weight excluding hydrogens is 321 g/mol. The number of carboxylic acid groups (broad SMARTS) is 1. The lowest BCUT2D eigenvalue weighted by Gasteiger charge is -2.01. The van der Waals surface area contributed by atoms with Crippen molar-refractivity contribution in [2.45, 2.75) is 12.8 Å². The second-order valence-electron chi connectivity index (χ2n) is 3.65. The van der Waals surface area contributed by atoms with E-state index in [0.717, 1.165) is 10.2 Å². The molecule has 0 unspecified atom stereocenters. The van der Waals surface area contributed by atoms with Crippen LogP contribution < -0.4 is 0 Å². The fraction of sp³-hybridized carbons (Fsp3) is 0.182. The lowest BCUT2D eigenvalue weighted by Crippen LogP contribution is -1.97. The molecule has 5 nitrogen and oxygen atoms in total. The van der Waals surface area contributed by atoms with Crippen LogP contribution in [0.25, 0.3) is 5.69 Å². The maximum atomic E-state index is 10.5. The Labute approximate surface area is 117 Å². The number of nitrogens with zero attached hydrogens (tertiary/aromatic N) is 3. The van der Waals surface area contributed by atoms with E-state index in [0.29, 0.717) is 17.1 Å². The predicted molar refractivity (Wildman–Crippen MR) is 70.0 cm³/mol. The summed E-state index contributed by atoms with van der Waals surface area (Å²) >= 11 is 9.23. The van der Waals surface area contributed by atoms with Gasteiger partial charge in [0.1, 0.15) is 0 Å². The lowest BCUT2D eigenvalue weighted by atomic mass is 10.2. The van der Waals surface area contributed by atoms with Crippen molar-refractivity contribution in [3.8, 4) is 5.69 Å². The van der Waals surface area contributed by atoms with Gasteiger partial charge in [-0.25, -0.2) is 4.68 Å². The molecule has 0 radical (unpaired) electrons. The molecule has 0 aliphatic heterocycles. The molecule has 0 amide bonds. The third-order valence-corrected chi connectivity index (χ3v) is 3.52. The Morgan fingerprint density at radius 1 is 1.50 bits per heavy atom. The van der Waals surface area contributed by atoms with Crippen LogP contribution in [0, 0.1) is 0 Å². The molecule has 0 aliphatic rings. The summed E-state index contributed by atoms with van der Waals surface area (Å²) in [7, 11) is 0. The molecule has 0 spiro atoms. The predicted octanol–water partition coefficient (Wildman–Crippen LogP) is 2.70. The van der Waals surface area contributed by atoms with Gasteiger partial charge in [-0.15, -0.1) is 5.10 Å². The Hall–Kier alpha value is -1.40. The number of carboxylic acids is 1. The quantitative estimate of drug-likeness (QED) is 0.936. The van der Waals surface area contributed by atoms with Gasteiger partial charge in [0.25, 0.3) is 0 Å². The Kier molecular flexibility index (Phi) is 3.98. The molecule has 2 rings (SSSR count). The lowest BCUT2D eigenvalue weighted by molar-refractivity contribution is -0.136. The van der Waals surface area contributed by atoms with Crippen molar-refractivity contribution >= 4 is 33.5 Å². The van der Waals surface area contributed by atoms with E-state index in [1.807, 2.05) is 12.1 Å². The highest BCUT2D eigenvalue weighted by Crippen LogP contribution is 2.24. The molecule has 1 N–H and O–H groups in total. The van der Waals surface area contributed by atoms with Crippen molar-refractivity contribution in [1.82, 2.24) is 15.0 Å². The molecule has 0 saturated heterocycles. The minimum Gasteiger partial charge on any atom is -0.481 e. The van der Waals surface area contributed by atoms with Gasteiger partial charge < -0.3 is 5.11 Å². The minimum absolute atomic E-state index is 0.0446. The van der Waals surface area contributed by atoms with Gasteiger partial charge in [-0.3, -0.25) is 4.79 Å². The number of hydrogen-bond acceptors (Lipinski definition) is 3. The molecule has 94 valence electrons. The van der Waals surface area contributed by atoms with Crippen molar-refractivity contribution in [2.24, 2.45) is 0 Å². The zero-order valence-corrected chi connectivity index (χ0v) is 11.5. The molecule has 2 aromatic rings. The standard InChI is InChI=1S/C11H9BrClN3O2/c12-9-5-8(2-3-10(9)13)16-6-7(14-15-16)1-4-11(17)18/h2-3,5-6H,1,4H2,(H,17,18). The van der Waals surface area contributed by atoms with Crippen LogP contribution >= 0.6 is 27.5 Å². The van der Waals surface area contributed by atoms with Crippen molar-refractivity contribution in [2.75, 3.05) is 0 Å². The first kappa shape index (κ1) is 13.0. The van der Waals surface area contributed by atoms with Crippen molar-refractivity contribution in [1.29, 1.82) is 0 Å². The van der Waals surface area contributed by atoms with Crippen LogP contribution in [0.5, 0.6) is 0 Å². The Morgan fingerprint density at radius 3 is 2.94 bits per heavy atom. The molecule has 1 aromatic carbocycles. The number of hydrogen-bond donors (Lipinski definition) is 1. The SMILES string of the molecule is O=C(O)CCc1cn(-c2ccc(Cl)c(Br)c2)nn1. The third-order valence-electron chi connectivity index (χ3n) is 2.30. The van der Waals surface area contributed by atoms with E-state index in [1.165, 1.54) is 0 Å². The topological polar surface area (TPSA) is 68.0 Å². The van der Waals surface area contributed by atoms with Gasteiger partial charge in [0, 0.05) is 10.9 Å². The highest BCUT2D eigenvalue weighted by molar-refractivity contribution is 9.10. The van der Waals surface area contributed by atoms with Crippen LogP contribution in [0.3, 0.4) is 0 Å². The molecule has 1 heterocycles. The molecule has 0 saturated carbocycles. The smallest absolute Gasteiger partial charge is 0.303 e. The molecule has 0 bridgehead atoms. The monoisotopic (exact) mass is 329 g/mol. The Morgan fingerprint density at radius 2 is 2.28 bits per heavy atom. The summed E-state index contributed by atoms with van der Waals surface area (Å²) in [6, 6.07) is 5.38. The van der Waals surface area contributed by atoms with Gasteiger partial charge in [0.2, 0.25) is 0 Å². The summed E-state index contributed by atoms with van der Waals surface area (Å²) in [6.45, 7) is 0. The zero-order chi connectivity index (χ0) is 13.1. The van der Waals surface area contributed by atoms with E-state index >= 15 is 0 Å². The first-order chi connectivity index (χ1) is 8.56. The second-order valence-corrected chi connectivity index (χ2v) is 4.91. The molecule has 18 heavy (non-hydrogen) atoms. The van der Waals surface area contributed by atoms with E-state index in [9.17, 15) is 4.79 Å². The Bertz CT molecular complexity index is 585. The number of rotatable bonds is 4. The zero-order valence-electron chi connectivity index (χ0n) is 9.18. The first-order valence-corrected chi connectivity index (χ1v) is 6.32. The number of aliphatic carboxylic acids is 1. The molecule has 0 atom stereocenters. The maximum absolute atomic E-state index is 10.5. The number of carbonyl (C=O) groups is 1. The number of halogens is 2. The van der Waals surface area contributed by atoms with E-state index in [-0.39, 0.29) is 6.42 Å². The van der Waals surface area contributed by atoms with E-state index in [1.54, 1.807) is 16.9 Å². The van der Waals surface area contributed by atoms with Crippen molar-refractivity contribution < 1.29 is 9.90 Å². The van der Waals surface area contributed by atoms with Gasteiger partial charge in [-0.05, 0) is 34.1 Å². The second kappa shape index (κ2) is 5.49. The van der Waals surface area contributed by atoms with Gasteiger partial charge in [-0.1, -0.05) is 16.8 Å². The van der Waals surface area contributed by atoms with Crippen LogP contribution in [0.15, 0.2) is 28.9 Å². The van der Waals surface area contributed by atoms with E-state index < -0.39 is 5.97 Å². The van der Waals surface area contributed by atoms with Crippen molar-refractivity contribution in [3.63, 3.8) is 0 Å². The highest BCUT2D eigenvalue weighted by Gasteiger charge is 2.06. The van der Waals surface area contributed by atoms with Gasteiger partial charge >= 0.3 is 5.97 Å². The average molecular weight is 331 g/mol. The molecule has 7 heteroatoms. The fourth-order valence-electron chi connectivity index (χ4n) is 1.40. The Balaban J connectivity index is 2.18. The normalized spacial score (nSPS) is 10.6. The van der Waals surface area contributed by atoms with Gasteiger partial charge in [0.05, 0.1) is 29.0 Å². The van der Waals surface area contributed by atoms with Crippen molar-refractivity contribution in [3.05, 3.63) is 39.6 Å². The summed E-state index contributed by atoms with van der Waals surface area (Å²) in [4.78, 5) is 10.5. The number of aromatic nitrogens is 3. The molecule has 0 aliphatic carbocycles. The maximum Gasteiger partial charge on any atom is 0.303 e. The highest BCUT2D eigenvalue weighted by atomic mass is 79.9. The minimum atomic E-state index is -0.848. The summed E-state index contributed by atoms with van der Waals surface area (Å²) in [5, 5.41) is 17.1. The first-order valence-electron chi connectivity index (χ1n) is 5.14. The van der Waals surface area contributed by atoms with Crippen LogP contribution in [0.1, 0.15) is 12.1 Å². The largest absolute Gasteiger partial charge is 0.481 e. The summed E-state index contributed by atoms with van der Waals surface area (Å²) in [6.07, 6.45) is 2.12. The molecule has 1 aromatic heterocycles. The van der Waals surface area contributed by atoms with Gasteiger partial charge in [-0.2, -0.15) is 0 Å². The van der Waals surface area contributed by atoms with Crippen LogP contribution in [-0.4, -0.2) is 26.1 Å². The molecule has 0 fully saturated rings. The number of benzene rings is 1. The van der Waals surface area contributed by atoms with Crippen LogP contribution in [0.4, 0.5) is 0 Å². The summed E-state index contributed by atoms with van der Waals surface area (Å²) in [5.74, 6) is -0.848. The van der Waals surface area contributed by atoms with Crippen LogP contribution in [-0.2, 0) is 11.2 Å².